The molecule has 1 aliphatic heterocycles. The number of carboxylic acids is 1. The standard InChI is InChI=1S/C6H11NO3S/c1-4-2-11(10)3-5(7-4)6(8)9/h4-5,7H,2-3H2,1H3,(H,8,9)/t4-,5-,11?/m0/s1. The summed E-state index contributed by atoms with van der Waals surface area (Å²) in [5.41, 5.74) is 0. The Kier molecular flexibility index (Phi) is 2.62. The smallest absolute Gasteiger partial charge is 0.321 e. The molecule has 1 fully saturated rings. The summed E-state index contributed by atoms with van der Waals surface area (Å²) in [6.07, 6.45) is 0. The first-order valence-electron chi connectivity index (χ1n) is 3.43. The predicted molar refractivity (Wildman–Crippen MR) is 41.9 cm³/mol. The van der Waals surface area contributed by atoms with Crippen LogP contribution in [0.5, 0.6) is 0 Å². The molecule has 11 heavy (non-hydrogen) atoms. The first-order chi connectivity index (χ1) is 5.09. The third kappa shape index (κ3) is 2.27. The Balaban J connectivity index is 2.56. The molecule has 2 N–H and O–H groups in total. The fourth-order valence-electron chi connectivity index (χ4n) is 1.12. The SMILES string of the molecule is C[C@H]1CS(=O)C[C@@H](C(=O)O)N1. The molecule has 0 aromatic rings. The summed E-state index contributed by atoms with van der Waals surface area (Å²) in [5.74, 6) is -0.117. The molecule has 1 rings (SSSR count). The minimum atomic E-state index is -0.964. The van der Waals surface area contributed by atoms with E-state index in [1.165, 1.54) is 0 Å². The summed E-state index contributed by atoms with van der Waals surface area (Å²) in [5, 5.41) is 11.4. The van der Waals surface area contributed by atoms with Gasteiger partial charge in [0.25, 0.3) is 0 Å². The largest absolute Gasteiger partial charge is 0.480 e. The van der Waals surface area contributed by atoms with Crippen LogP contribution in [-0.4, -0.2) is 38.9 Å². The summed E-state index contributed by atoms with van der Waals surface area (Å²) in [6, 6.07) is -0.578. The van der Waals surface area contributed by atoms with Gasteiger partial charge in [0, 0.05) is 28.3 Å². The second-order valence-corrected chi connectivity index (χ2v) is 4.28. The van der Waals surface area contributed by atoms with Crippen molar-refractivity contribution < 1.29 is 14.1 Å². The van der Waals surface area contributed by atoms with Crippen molar-refractivity contribution in [3.05, 3.63) is 0 Å². The van der Waals surface area contributed by atoms with Crippen LogP contribution >= 0.6 is 0 Å². The number of aliphatic carboxylic acids is 1. The zero-order valence-corrected chi connectivity index (χ0v) is 7.06. The van der Waals surface area contributed by atoms with Crippen LogP contribution in [0.3, 0.4) is 0 Å². The molecule has 0 bridgehead atoms. The van der Waals surface area contributed by atoms with Crippen LogP contribution in [0, 0.1) is 0 Å². The summed E-state index contributed by atoms with van der Waals surface area (Å²) < 4.78 is 11.0. The first kappa shape index (κ1) is 8.67. The van der Waals surface area contributed by atoms with E-state index in [1.807, 2.05) is 6.92 Å². The van der Waals surface area contributed by atoms with Crippen LogP contribution in [0.2, 0.25) is 0 Å². The van der Waals surface area contributed by atoms with Crippen LogP contribution in [0.15, 0.2) is 0 Å². The van der Waals surface area contributed by atoms with E-state index in [2.05, 4.69) is 5.32 Å². The van der Waals surface area contributed by atoms with Crippen molar-refractivity contribution in [1.82, 2.24) is 5.32 Å². The lowest BCUT2D eigenvalue weighted by Gasteiger charge is -2.24. The summed E-state index contributed by atoms with van der Waals surface area (Å²) in [4.78, 5) is 10.4. The van der Waals surface area contributed by atoms with Gasteiger partial charge in [-0.1, -0.05) is 0 Å². The molecule has 0 spiro atoms. The van der Waals surface area contributed by atoms with E-state index in [4.69, 9.17) is 5.11 Å². The van der Waals surface area contributed by atoms with Crippen LogP contribution in [0.1, 0.15) is 6.92 Å². The van der Waals surface area contributed by atoms with E-state index in [0.717, 1.165) is 0 Å². The molecule has 1 aliphatic rings. The van der Waals surface area contributed by atoms with Gasteiger partial charge in [-0.3, -0.25) is 9.00 Å². The average Bonchev–Trinajstić information content (AvgIpc) is 1.85. The molecule has 0 saturated carbocycles. The number of carboxylic acid groups (broad SMARTS) is 1. The Morgan fingerprint density at radius 2 is 2.27 bits per heavy atom. The molecule has 1 unspecified atom stereocenters. The number of nitrogens with one attached hydrogen (secondary N) is 1. The van der Waals surface area contributed by atoms with Crippen LogP contribution in [-0.2, 0) is 15.6 Å². The molecular formula is C6H11NO3S. The first-order valence-corrected chi connectivity index (χ1v) is 4.92. The number of carbonyl (C=O) groups is 1. The molecule has 4 nitrogen and oxygen atoms in total. The molecule has 0 aromatic carbocycles. The third-order valence-electron chi connectivity index (χ3n) is 1.57. The molecule has 1 heterocycles. The highest BCUT2D eigenvalue weighted by Gasteiger charge is 2.27. The lowest BCUT2D eigenvalue weighted by molar-refractivity contribution is -0.139. The maximum absolute atomic E-state index is 11.0. The fourth-order valence-corrected chi connectivity index (χ4v) is 2.52. The van der Waals surface area contributed by atoms with Gasteiger partial charge in [0.05, 0.1) is 0 Å². The van der Waals surface area contributed by atoms with Gasteiger partial charge >= 0.3 is 5.97 Å². The molecule has 5 heteroatoms. The number of hydrogen-bond acceptors (Lipinski definition) is 3. The Labute approximate surface area is 67.4 Å². The Morgan fingerprint density at radius 3 is 2.73 bits per heavy atom. The Morgan fingerprint density at radius 1 is 1.64 bits per heavy atom. The van der Waals surface area contributed by atoms with E-state index in [-0.39, 0.29) is 11.8 Å². The highest BCUT2D eigenvalue weighted by atomic mass is 32.2. The minimum absolute atomic E-state index is 0.0469. The third-order valence-corrected chi connectivity index (χ3v) is 3.15. The van der Waals surface area contributed by atoms with Gasteiger partial charge < -0.3 is 10.4 Å². The number of rotatable bonds is 1. The minimum Gasteiger partial charge on any atom is -0.480 e. The zero-order valence-electron chi connectivity index (χ0n) is 6.24. The van der Waals surface area contributed by atoms with E-state index < -0.39 is 22.8 Å². The van der Waals surface area contributed by atoms with Gasteiger partial charge in [-0.25, -0.2) is 0 Å². The monoisotopic (exact) mass is 177 g/mol. The number of hydrogen-bond donors (Lipinski definition) is 2. The van der Waals surface area contributed by atoms with Crippen molar-refractivity contribution in [2.75, 3.05) is 11.5 Å². The maximum atomic E-state index is 11.0. The van der Waals surface area contributed by atoms with E-state index in [0.29, 0.717) is 5.75 Å². The lowest BCUT2D eigenvalue weighted by Crippen LogP contribution is -2.52. The van der Waals surface area contributed by atoms with E-state index in [1.54, 1.807) is 0 Å². The van der Waals surface area contributed by atoms with Gasteiger partial charge in [0.15, 0.2) is 0 Å². The average molecular weight is 177 g/mol. The highest BCUT2D eigenvalue weighted by Crippen LogP contribution is 2.02. The van der Waals surface area contributed by atoms with Crippen molar-refractivity contribution in [3.8, 4) is 0 Å². The van der Waals surface area contributed by atoms with Crippen molar-refractivity contribution in [1.29, 1.82) is 0 Å². The van der Waals surface area contributed by atoms with E-state index >= 15 is 0 Å². The second-order valence-electron chi connectivity index (χ2n) is 2.73. The lowest BCUT2D eigenvalue weighted by atomic mass is 10.3. The van der Waals surface area contributed by atoms with Gasteiger partial charge in [-0.15, -0.1) is 0 Å². The van der Waals surface area contributed by atoms with Gasteiger partial charge in [-0.2, -0.15) is 0 Å². The molecular weight excluding hydrogens is 166 g/mol. The maximum Gasteiger partial charge on any atom is 0.321 e. The quantitative estimate of drug-likeness (QED) is 0.549. The predicted octanol–water partition coefficient (Wildman–Crippen LogP) is -0.820. The fraction of sp³-hybridized carbons (Fsp3) is 0.833. The van der Waals surface area contributed by atoms with Crippen molar-refractivity contribution in [2.45, 2.75) is 19.0 Å². The van der Waals surface area contributed by atoms with Gasteiger partial charge in [-0.05, 0) is 6.92 Å². The normalized spacial score (nSPS) is 38.5. The van der Waals surface area contributed by atoms with Crippen LogP contribution < -0.4 is 5.32 Å². The van der Waals surface area contributed by atoms with Gasteiger partial charge in [0.2, 0.25) is 0 Å². The molecule has 0 aromatic heterocycles. The topological polar surface area (TPSA) is 66.4 Å². The second kappa shape index (κ2) is 3.32. The summed E-state index contributed by atoms with van der Waals surface area (Å²) in [7, 11) is -0.964. The Bertz CT molecular complexity index is 194. The zero-order chi connectivity index (χ0) is 8.43. The molecule has 0 radical (unpaired) electrons. The molecule has 1 saturated heterocycles. The van der Waals surface area contributed by atoms with Crippen molar-refractivity contribution >= 4 is 16.8 Å². The molecule has 3 atom stereocenters. The van der Waals surface area contributed by atoms with Crippen LogP contribution in [0.25, 0.3) is 0 Å². The van der Waals surface area contributed by atoms with Crippen molar-refractivity contribution in [3.63, 3.8) is 0 Å². The van der Waals surface area contributed by atoms with Gasteiger partial charge in [0.1, 0.15) is 6.04 Å². The summed E-state index contributed by atoms with van der Waals surface area (Å²) in [6.45, 7) is 1.84. The molecule has 0 aliphatic carbocycles. The molecule has 0 amide bonds. The highest BCUT2D eigenvalue weighted by molar-refractivity contribution is 7.85. The molecule has 64 valence electrons. The van der Waals surface area contributed by atoms with Crippen molar-refractivity contribution in [2.24, 2.45) is 0 Å². The van der Waals surface area contributed by atoms with E-state index in [9.17, 15) is 9.00 Å². The summed E-state index contributed by atoms with van der Waals surface area (Å²) >= 11 is 0. The Hall–Kier alpha value is -0.420. The van der Waals surface area contributed by atoms with Crippen LogP contribution in [0.4, 0.5) is 0 Å².